The predicted octanol–water partition coefficient (Wildman–Crippen LogP) is 5.49. The van der Waals surface area contributed by atoms with Gasteiger partial charge in [0.2, 0.25) is 5.12 Å². The van der Waals surface area contributed by atoms with E-state index in [1.165, 1.54) is 18.4 Å². The number of anilines is 1. The molecule has 0 atom stereocenters. The van der Waals surface area contributed by atoms with Gasteiger partial charge in [-0.25, -0.2) is 14.8 Å². The summed E-state index contributed by atoms with van der Waals surface area (Å²) in [6.07, 6.45) is 0. The smallest absolute Gasteiger partial charge is 0.362 e. The third-order valence-electron chi connectivity index (χ3n) is 5.52. The van der Waals surface area contributed by atoms with Crippen LogP contribution in [0.25, 0.3) is 10.2 Å². The number of nitrogen functional groups attached to an aromatic ring is 1. The molecule has 0 saturated carbocycles. The molecule has 0 aliphatic rings. The molecular formula is C27H20N4O4S3. The molecule has 38 heavy (non-hydrogen) atoms. The van der Waals surface area contributed by atoms with Crippen molar-refractivity contribution in [2.24, 2.45) is 5.16 Å². The predicted molar refractivity (Wildman–Crippen MR) is 150 cm³/mol. The first-order valence-electron chi connectivity index (χ1n) is 11.3. The van der Waals surface area contributed by atoms with Crippen molar-refractivity contribution in [3.05, 3.63) is 107 Å². The number of nitrogens with zero attached hydrogens (tertiary/aromatic N) is 3. The van der Waals surface area contributed by atoms with Gasteiger partial charge in [-0.1, -0.05) is 78.0 Å². The van der Waals surface area contributed by atoms with Gasteiger partial charge in [0.05, 0.1) is 17.3 Å². The van der Waals surface area contributed by atoms with E-state index < -0.39 is 16.7 Å². The number of thiazole rings is 2. The van der Waals surface area contributed by atoms with Crippen molar-refractivity contribution in [2.45, 2.75) is 9.94 Å². The Hall–Kier alpha value is -4.06. The normalized spacial score (nSPS) is 11.9. The van der Waals surface area contributed by atoms with Crippen molar-refractivity contribution in [1.82, 2.24) is 9.97 Å². The third kappa shape index (κ3) is 5.03. The zero-order valence-electron chi connectivity index (χ0n) is 19.9. The van der Waals surface area contributed by atoms with Crippen LogP contribution in [0.3, 0.4) is 0 Å². The fraction of sp³-hybridized carbons (Fsp3) is 0.0741. The van der Waals surface area contributed by atoms with E-state index in [1.807, 2.05) is 36.4 Å². The topological polar surface area (TPSA) is 117 Å². The SMILES string of the molecule is COC(=O)C(O/N=C(\C(=O)Sc1nc2ccccc2s1)c1csc(N)n1)(c1ccccc1)c1ccccc1. The number of carbonyl (C=O) groups is 2. The number of aromatic nitrogens is 2. The minimum Gasteiger partial charge on any atom is -0.465 e. The molecule has 2 heterocycles. The van der Waals surface area contributed by atoms with Gasteiger partial charge in [0, 0.05) is 16.5 Å². The van der Waals surface area contributed by atoms with Crippen LogP contribution < -0.4 is 5.73 Å². The summed E-state index contributed by atoms with van der Waals surface area (Å²) in [4.78, 5) is 41.8. The third-order valence-corrected chi connectivity index (χ3v) is 8.17. The molecule has 2 aromatic heterocycles. The molecule has 0 aliphatic heterocycles. The zero-order valence-corrected chi connectivity index (χ0v) is 22.4. The maximum Gasteiger partial charge on any atom is 0.362 e. The molecule has 11 heteroatoms. The van der Waals surface area contributed by atoms with Gasteiger partial charge >= 0.3 is 5.97 Å². The Morgan fingerprint density at radius 2 is 1.55 bits per heavy atom. The highest BCUT2D eigenvalue weighted by Gasteiger charge is 2.47. The summed E-state index contributed by atoms with van der Waals surface area (Å²) in [5.41, 5.74) is 5.94. The van der Waals surface area contributed by atoms with Gasteiger partial charge in [-0.05, 0) is 23.9 Å². The van der Waals surface area contributed by atoms with Crippen molar-refractivity contribution in [3.8, 4) is 0 Å². The first-order valence-corrected chi connectivity index (χ1v) is 13.8. The highest BCUT2D eigenvalue weighted by atomic mass is 32.2. The lowest BCUT2D eigenvalue weighted by Gasteiger charge is -2.29. The van der Waals surface area contributed by atoms with Gasteiger partial charge in [-0.3, -0.25) is 4.79 Å². The fourth-order valence-corrected chi connectivity index (χ4v) is 6.20. The molecule has 3 aromatic carbocycles. The number of esters is 1. The van der Waals surface area contributed by atoms with Crippen LogP contribution in [-0.4, -0.2) is 33.9 Å². The molecule has 190 valence electrons. The Kier molecular flexibility index (Phi) is 7.50. The highest BCUT2D eigenvalue weighted by molar-refractivity contribution is 8.16. The molecule has 0 aliphatic carbocycles. The number of rotatable bonds is 8. The number of para-hydroxylation sites is 1. The Morgan fingerprint density at radius 3 is 2.13 bits per heavy atom. The van der Waals surface area contributed by atoms with Gasteiger partial charge < -0.3 is 15.3 Å². The van der Waals surface area contributed by atoms with Crippen LogP contribution in [0.5, 0.6) is 0 Å². The first-order chi connectivity index (χ1) is 18.5. The molecule has 0 amide bonds. The molecule has 0 spiro atoms. The average Bonchev–Trinajstić information content (AvgIpc) is 3.57. The van der Waals surface area contributed by atoms with Gasteiger partial charge in [-0.15, -0.1) is 22.7 Å². The average molecular weight is 561 g/mol. The Morgan fingerprint density at radius 1 is 0.921 bits per heavy atom. The van der Waals surface area contributed by atoms with Crippen LogP contribution in [0.4, 0.5) is 5.13 Å². The Balaban J connectivity index is 1.60. The summed E-state index contributed by atoms with van der Waals surface area (Å²) >= 11 is 3.45. The number of fused-ring (bicyclic) bond motifs is 1. The number of benzene rings is 3. The second kappa shape index (κ2) is 11.1. The number of nitrogens with two attached hydrogens (primary N) is 1. The largest absolute Gasteiger partial charge is 0.465 e. The van der Waals surface area contributed by atoms with E-state index in [2.05, 4.69) is 15.1 Å². The monoisotopic (exact) mass is 560 g/mol. The van der Waals surface area contributed by atoms with E-state index >= 15 is 0 Å². The number of carbonyl (C=O) groups excluding carboxylic acids is 2. The van der Waals surface area contributed by atoms with Crippen LogP contribution in [-0.2, 0) is 24.8 Å². The van der Waals surface area contributed by atoms with Crippen LogP contribution in [0.2, 0.25) is 0 Å². The molecule has 5 aromatic rings. The Labute approximate surface area is 230 Å². The van der Waals surface area contributed by atoms with E-state index in [1.54, 1.807) is 53.9 Å². The second-order valence-corrected chi connectivity index (χ2v) is 11.0. The number of methoxy groups -OCH3 is 1. The van der Waals surface area contributed by atoms with Crippen molar-refractivity contribution in [3.63, 3.8) is 0 Å². The van der Waals surface area contributed by atoms with Crippen molar-refractivity contribution in [2.75, 3.05) is 12.8 Å². The first kappa shape index (κ1) is 25.6. The van der Waals surface area contributed by atoms with Gasteiger partial charge in [-0.2, -0.15) is 0 Å². The fourth-order valence-electron chi connectivity index (χ4n) is 3.76. The maximum absolute atomic E-state index is 13.6. The van der Waals surface area contributed by atoms with E-state index in [-0.39, 0.29) is 16.5 Å². The quantitative estimate of drug-likeness (QED) is 0.115. The minimum atomic E-state index is -1.79. The van der Waals surface area contributed by atoms with Gasteiger partial charge in [0.25, 0.3) is 5.60 Å². The molecule has 0 saturated heterocycles. The summed E-state index contributed by atoms with van der Waals surface area (Å²) in [6.45, 7) is 0. The van der Waals surface area contributed by atoms with E-state index in [4.69, 9.17) is 15.3 Å². The van der Waals surface area contributed by atoms with Crippen LogP contribution >= 0.6 is 34.4 Å². The molecule has 0 fully saturated rings. The van der Waals surface area contributed by atoms with Crippen molar-refractivity contribution in [1.29, 1.82) is 0 Å². The highest BCUT2D eigenvalue weighted by Crippen LogP contribution is 2.36. The molecule has 5 rings (SSSR count). The minimum absolute atomic E-state index is 0.109. The number of thioether (sulfide) groups is 1. The molecule has 2 N–H and O–H groups in total. The summed E-state index contributed by atoms with van der Waals surface area (Å²) in [6, 6.07) is 25.3. The van der Waals surface area contributed by atoms with E-state index in [0.717, 1.165) is 33.3 Å². The van der Waals surface area contributed by atoms with Gasteiger partial charge in [0.15, 0.2) is 15.2 Å². The molecule has 8 nitrogen and oxygen atoms in total. The number of hydrogen-bond donors (Lipinski definition) is 1. The summed E-state index contributed by atoms with van der Waals surface area (Å²) in [5, 5.41) is 5.67. The summed E-state index contributed by atoms with van der Waals surface area (Å²) in [7, 11) is 1.27. The molecule has 0 bridgehead atoms. The van der Waals surface area contributed by atoms with Crippen LogP contribution in [0.15, 0.2) is 99.8 Å². The molecule has 0 unspecified atom stereocenters. The van der Waals surface area contributed by atoms with Crippen LogP contribution in [0, 0.1) is 0 Å². The molecule has 0 radical (unpaired) electrons. The van der Waals surface area contributed by atoms with E-state index in [9.17, 15) is 9.59 Å². The summed E-state index contributed by atoms with van der Waals surface area (Å²) < 4.78 is 6.68. The lowest BCUT2D eigenvalue weighted by Crippen LogP contribution is -2.40. The standard InChI is InChI=1S/C27H20N4O4S3/c1-34-24(33)27(17-10-4-2-5-11-17,18-12-6-3-7-13-18)35-31-22(20-16-36-25(28)29-20)23(32)38-26-30-19-14-8-9-15-21(19)37-26/h2-16H,1H3,(H2,28,29)/b31-22-. The lowest BCUT2D eigenvalue weighted by atomic mass is 9.86. The van der Waals surface area contributed by atoms with Crippen molar-refractivity contribution >= 4 is 66.6 Å². The summed E-state index contributed by atoms with van der Waals surface area (Å²) in [5.74, 6) is -0.706. The maximum atomic E-state index is 13.6. The zero-order chi connectivity index (χ0) is 26.5. The molecular weight excluding hydrogens is 541 g/mol. The van der Waals surface area contributed by atoms with Crippen molar-refractivity contribution < 1.29 is 19.2 Å². The number of oxime groups is 1. The van der Waals surface area contributed by atoms with Gasteiger partial charge in [0.1, 0.15) is 5.69 Å². The lowest BCUT2D eigenvalue weighted by molar-refractivity contribution is -0.165. The number of ether oxygens (including phenoxy) is 1. The van der Waals surface area contributed by atoms with E-state index in [0.29, 0.717) is 15.5 Å². The Bertz CT molecular complexity index is 1540. The second-order valence-electron chi connectivity index (χ2n) is 7.84. The van der Waals surface area contributed by atoms with Crippen LogP contribution in [0.1, 0.15) is 16.8 Å². The number of hydrogen-bond acceptors (Lipinski definition) is 11.